The van der Waals surface area contributed by atoms with E-state index in [9.17, 15) is 8.78 Å². The van der Waals surface area contributed by atoms with Crippen LogP contribution in [0.1, 0.15) is 12.8 Å². The van der Waals surface area contributed by atoms with Gasteiger partial charge in [0.05, 0.1) is 0 Å². The molecule has 0 radical (unpaired) electrons. The van der Waals surface area contributed by atoms with Gasteiger partial charge in [-0.05, 0) is 24.1 Å². The van der Waals surface area contributed by atoms with Crippen molar-refractivity contribution in [3.63, 3.8) is 0 Å². The maximum absolute atomic E-state index is 12.5. The summed E-state index contributed by atoms with van der Waals surface area (Å²) in [5.41, 5.74) is 0. The Bertz CT molecular complexity index is 375. The van der Waals surface area contributed by atoms with Crippen molar-refractivity contribution in [1.82, 2.24) is 9.71 Å². The Morgan fingerprint density at radius 3 is 2.38 bits per heavy atom. The average molecular weight is 285 g/mol. The van der Waals surface area contributed by atoms with Crippen molar-refractivity contribution in [3.05, 3.63) is 22.4 Å². The highest BCUT2D eigenvalue weighted by Gasteiger charge is 2.45. The molecule has 1 aromatic heterocycles. The van der Waals surface area contributed by atoms with Crippen LogP contribution in [-0.4, -0.2) is 16.9 Å². The molecule has 1 aromatic rings. The summed E-state index contributed by atoms with van der Waals surface area (Å²) in [5, 5.41) is 0.575. The molecule has 2 rings (SSSR count). The Morgan fingerprint density at radius 1 is 1.31 bits per heavy atom. The van der Waals surface area contributed by atoms with Gasteiger partial charge in [0.1, 0.15) is 10.3 Å². The fourth-order valence-electron chi connectivity index (χ4n) is 1.40. The number of halogens is 4. The summed E-state index contributed by atoms with van der Waals surface area (Å²) in [7, 11) is 0. The summed E-state index contributed by atoms with van der Waals surface area (Å²) in [5.74, 6) is -2.51. The van der Waals surface area contributed by atoms with Crippen LogP contribution in [0.15, 0.2) is 17.0 Å². The van der Waals surface area contributed by atoms with Crippen LogP contribution >= 0.6 is 35.1 Å². The van der Waals surface area contributed by atoms with Crippen molar-refractivity contribution < 1.29 is 8.78 Å². The number of nitrogens with one attached hydrogen (secondary N) is 1. The van der Waals surface area contributed by atoms with E-state index in [4.69, 9.17) is 23.2 Å². The first kappa shape index (κ1) is 12.4. The number of aromatic nitrogens is 1. The van der Waals surface area contributed by atoms with Gasteiger partial charge >= 0.3 is 0 Å². The highest BCUT2D eigenvalue weighted by Crippen LogP contribution is 2.38. The van der Waals surface area contributed by atoms with Gasteiger partial charge in [-0.25, -0.2) is 13.8 Å². The van der Waals surface area contributed by atoms with E-state index < -0.39 is 5.92 Å². The van der Waals surface area contributed by atoms with Crippen LogP contribution in [0.2, 0.25) is 10.3 Å². The summed E-state index contributed by atoms with van der Waals surface area (Å²) < 4.78 is 28.0. The quantitative estimate of drug-likeness (QED) is 0.675. The van der Waals surface area contributed by atoms with Crippen LogP contribution in [-0.2, 0) is 0 Å². The van der Waals surface area contributed by atoms with Gasteiger partial charge in [-0.3, -0.25) is 4.72 Å². The molecular formula is C9H8Cl2F2N2S. The van der Waals surface area contributed by atoms with Gasteiger partial charge in [0.25, 0.3) is 5.92 Å². The van der Waals surface area contributed by atoms with Crippen LogP contribution in [0.3, 0.4) is 0 Å². The Balaban J connectivity index is 1.86. The second-order valence-electron chi connectivity index (χ2n) is 3.63. The molecule has 1 N–H and O–H groups in total. The number of alkyl halides is 2. The lowest BCUT2D eigenvalue weighted by atomic mass is 9.89. The predicted molar refractivity (Wildman–Crippen MR) is 61.2 cm³/mol. The minimum atomic E-state index is -2.51. The van der Waals surface area contributed by atoms with Crippen LogP contribution in [0, 0.1) is 0 Å². The third kappa shape index (κ3) is 3.20. The van der Waals surface area contributed by atoms with Crippen molar-refractivity contribution >= 4 is 35.1 Å². The predicted octanol–water partition coefficient (Wildman–Crippen LogP) is 3.78. The lowest BCUT2D eigenvalue weighted by molar-refractivity contribution is -0.0872. The molecule has 7 heteroatoms. The topological polar surface area (TPSA) is 24.9 Å². The molecule has 0 aromatic carbocycles. The zero-order chi connectivity index (χ0) is 11.8. The van der Waals surface area contributed by atoms with Crippen LogP contribution in [0.4, 0.5) is 8.78 Å². The molecule has 0 spiro atoms. The van der Waals surface area contributed by atoms with E-state index in [2.05, 4.69) is 9.71 Å². The molecule has 1 fully saturated rings. The first-order chi connectivity index (χ1) is 7.44. The molecule has 0 atom stereocenters. The lowest BCUT2D eigenvalue weighted by Crippen LogP contribution is -2.46. The molecule has 0 saturated heterocycles. The molecule has 1 saturated carbocycles. The Kier molecular flexibility index (Phi) is 3.59. The largest absolute Gasteiger partial charge is 0.256 e. The summed E-state index contributed by atoms with van der Waals surface area (Å²) in [6.45, 7) is 0. The highest BCUT2D eigenvalue weighted by atomic mass is 35.5. The van der Waals surface area contributed by atoms with Gasteiger partial charge < -0.3 is 0 Å². The van der Waals surface area contributed by atoms with E-state index in [0.29, 0.717) is 0 Å². The highest BCUT2D eigenvalue weighted by molar-refractivity contribution is 7.97. The molecular weight excluding hydrogens is 277 g/mol. The normalized spacial score (nSPS) is 19.5. The minimum absolute atomic E-state index is 0.119. The molecule has 16 heavy (non-hydrogen) atoms. The Morgan fingerprint density at radius 2 is 1.88 bits per heavy atom. The SMILES string of the molecule is FC1(F)CC(NSc2cc(Cl)nc(Cl)c2)C1. The van der Waals surface area contributed by atoms with Crippen LogP contribution in [0.5, 0.6) is 0 Å². The number of hydrogen-bond acceptors (Lipinski definition) is 3. The molecule has 88 valence electrons. The molecule has 0 amide bonds. The van der Waals surface area contributed by atoms with Gasteiger partial charge in [0.15, 0.2) is 0 Å². The van der Waals surface area contributed by atoms with E-state index in [1.54, 1.807) is 12.1 Å². The third-order valence-electron chi connectivity index (χ3n) is 2.17. The number of rotatable bonds is 3. The molecule has 2 nitrogen and oxygen atoms in total. The first-order valence-electron chi connectivity index (χ1n) is 4.58. The van der Waals surface area contributed by atoms with Gasteiger partial charge in [-0.1, -0.05) is 23.2 Å². The maximum atomic E-state index is 12.5. The van der Waals surface area contributed by atoms with Crippen LogP contribution < -0.4 is 4.72 Å². The third-order valence-corrected chi connectivity index (χ3v) is 3.48. The summed E-state index contributed by atoms with van der Waals surface area (Å²) >= 11 is 12.6. The number of hydrogen-bond donors (Lipinski definition) is 1. The molecule has 1 aliphatic rings. The summed E-state index contributed by atoms with van der Waals surface area (Å²) in [4.78, 5) is 4.55. The Labute approximate surface area is 106 Å². The molecule has 0 aliphatic heterocycles. The lowest BCUT2D eigenvalue weighted by Gasteiger charge is -2.34. The van der Waals surface area contributed by atoms with Crippen molar-refractivity contribution in [1.29, 1.82) is 0 Å². The van der Waals surface area contributed by atoms with E-state index in [1.165, 1.54) is 11.9 Å². The number of nitrogens with zero attached hydrogens (tertiary/aromatic N) is 1. The second kappa shape index (κ2) is 4.64. The van der Waals surface area contributed by atoms with Crippen molar-refractivity contribution in [2.45, 2.75) is 29.7 Å². The van der Waals surface area contributed by atoms with Gasteiger partial charge in [0, 0.05) is 23.8 Å². The second-order valence-corrected chi connectivity index (χ2v) is 5.32. The zero-order valence-corrected chi connectivity index (χ0v) is 10.3. The fraction of sp³-hybridized carbons (Fsp3) is 0.444. The monoisotopic (exact) mass is 284 g/mol. The van der Waals surface area contributed by atoms with E-state index in [0.717, 1.165) is 4.90 Å². The van der Waals surface area contributed by atoms with Gasteiger partial charge in [0.2, 0.25) is 0 Å². The standard InChI is InChI=1S/C9H8Cl2F2N2S/c10-7-1-6(2-8(11)14-7)16-15-5-3-9(12,13)4-5/h1-2,5,15H,3-4H2. The minimum Gasteiger partial charge on any atom is -0.256 e. The molecule has 1 aliphatic carbocycles. The molecule has 0 unspecified atom stereocenters. The van der Waals surface area contributed by atoms with E-state index in [1.807, 2.05) is 0 Å². The molecule has 1 heterocycles. The maximum Gasteiger partial charge on any atom is 0.251 e. The smallest absolute Gasteiger partial charge is 0.251 e. The molecule has 0 bridgehead atoms. The summed E-state index contributed by atoms with van der Waals surface area (Å²) in [6, 6.07) is 3.09. The summed E-state index contributed by atoms with van der Waals surface area (Å²) in [6.07, 6.45) is -0.237. The van der Waals surface area contributed by atoms with E-state index >= 15 is 0 Å². The van der Waals surface area contributed by atoms with Crippen molar-refractivity contribution in [2.75, 3.05) is 0 Å². The number of pyridine rings is 1. The van der Waals surface area contributed by atoms with Gasteiger partial charge in [-0.15, -0.1) is 0 Å². The average Bonchev–Trinajstić information content (AvgIpc) is 2.09. The van der Waals surface area contributed by atoms with E-state index in [-0.39, 0.29) is 29.2 Å². The fourth-order valence-corrected chi connectivity index (χ4v) is 2.80. The van der Waals surface area contributed by atoms with Crippen LogP contribution in [0.25, 0.3) is 0 Å². The van der Waals surface area contributed by atoms with Crippen molar-refractivity contribution in [3.8, 4) is 0 Å². The Hall–Kier alpha value is -0.100. The zero-order valence-electron chi connectivity index (χ0n) is 8.01. The van der Waals surface area contributed by atoms with Crippen molar-refractivity contribution in [2.24, 2.45) is 0 Å². The van der Waals surface area contributed by atoms with Gasteiger partial charge in [-0.2, -0.15) is 0 Å². The first-order valence-corrected chi connectivity index (χ1v) is 6.15.